The maximum atomic E-state index is 12.5. The third-order valence-corrected chi connectivity index (χ3v) is 16.1. The van der Waals surface area contributed by atoms with E-state index in [0.717, 1.165) is 38.5 Å². The van der Waals surface area contributed by atoms with Gasteiger partial charge in [-0.05, 0) is 44.9 Å². The van der Waals surface area contributed by atoms with Gasteiger partial charge in [0.05, 0.1) is 18.8 Å². The summed E-state index contributed by atoms with van der Waals surface area (Å²) in [6.45, 7) is 4.34. The molecule has 0 heterocycles. The van der Waals surface area contributed by atoms with Crippen molar-refractivity contribution in [1.29, 1.82) is 0 Å². The number of allylic oxidation sites excluding steroid dienone is 5. The van der Waals surface area contributed by atoms with Gasteiger partial charge in [0.15, 0.2) is 0 Å². The second-order valence-corrected chi connectivity index (χ2v) is 23.6. The van der Waals surface area contributed by atoms with E-state index >= 15 is 0 Å². The summed E-state index contributed by atoms with van der Waals surface area (Å²) in [5.74, 6) is -0.0700. The highest BCUT2D eigenvalue weighted by Crippen LogP contribution is 2.19. The van der Waals surface area contributed by atoms with Gasteiger partial charge >= 0.3 is 0 Å². The van der Waals surface area contributed by atoms with Crippen molar-refractivity contribution >= 4 is 5.91 Å². The topological polar surface area (TPSA) is 69.6 Å². The molecule has 0 fully saturated rings. The number of hydrogen-bond donors (Lipinski definition) is 3. The zero-order valence-electron chi connectivity index (χ0n) is 50.6. The van der Waals surface area contributed by atoms with Crippen molar-refractivity contribution in [2.75, 3.05) is 6.61 Å². The first-order valence-corrected chi connectivity index (χ1v) is 34.2. The summed E-state index contributed by atoms with van der Waals surface area (Å²) >= 11 is 0. The molecule has 0 bridgehead atoms. The van der Waals surface area contributed by atoms with Crippen LogP contribution < -0.4 is 5.32 Å². The Hall–Kier alpha value is -1.39. The van der Waals surface area contributed by atoms with Crippen LogP contribution >= 0.6 is 0 Å². The Morgan fingerprint density at radius 3 is 0.784 bits per heavy atom. The number of aliphatic hydroxyl groups is 2. The van der Waals surface area contributed by atoms with Crippen molar-refractivity contribution < 1.29 is 15.0 Å². The Labute approximate surface area is 465 Å². The molecule has 74 heavy (non-hydrogen) atoms. The molecular weight excluding hydrogens is 903 g/mol. The van der Waals surface area contributed by atoms with E-state index in [0.29, 0.717) is 6.42 Å². The first kappa shape index (κ1) is 72.6. The van der Waals surface area contributed by atoms with Crippen LogP contribution in [-0.4, -0.2) is 34.9 Å². The molecule has 0 radical (unpaired) electrons. The van der Waals surface area contributed by atoms with Crippen LogP contribution in [0, 0.1) is 0 Å². The Kier molecular flexibility index (Phi) is 64.7. The van der Waals surface area contributed by atoms with Crippen molar-refractivity contribution in [3.8, 4) is 0 Å². The summed E-state index contributed by atoms with van der Waals surface area (Å²) in [5.41, 5.74) is 0. The molecule has 0 rings (SSSR count). The molecule has 0 aromatic heterocycles. The van der Waals surface area contributed by atoms with E-state index in [1.165, 1.54) is 327 Å². The lowest BCUT2D eigenvalue weighted by Crippen LogP contribution is -2.45. The van der Waals surface area contributed by atoms with Gasteiger partial charge in [0, 0.05) is 6.42 Å². The fourth-order valence-electron chi connectivity index (χ4n) is 10.9. The number of carbonyl (C=O) groups excluding carboxylic acids is 1. The molecule has 2 unspecified atom stereocenters. The Morgan fingerprint density at radius 1 is 0.311 bits per heavy atom. The lowest BCUT2D eigenvalue weighted by molar-refractivity contribution is -0.123. The summed E-state index contributed by atoms with van der Waals surface area (Å²) < 4.78 is 0. The summed E-state index contributed by atoms with van der Waals surface area (Å²) in [6, 6.07) is -0.645. The average Bonchev–Trinajstić information content (AvgIpc) is 3.40. The SMILES string of the molecule is CCCCCCCCCCCCCCC/C=C/CC/C=C/CC/C=C/C(O)C(CO)NC(=O)CCCCCCCCCCCCCCCCCCCCCCCCCCCCCCCCCCCCCCCCC. The van der Waals surface area contributed by atoms with E-state index in [9.17, 15) is 15.0 Å². The number of rotatable bonds is 64. The zero-order chi connectivity index (χ0) is 53.4. The highest BCUT2D eigenvalue weighted by molar-refractivity contribution is 5.76. The fourth-order valence-corrected chi connectivity index (χ4v) is 10.9. The highest BCUT2D eigenvalue weighted by atomic mass is 16.3. The fraction of sp³-hybridized carbons (Fsp3) is 0.900. The Morgan fingerprint density at radius 2 is 0.527 bits per heavy atom. The van der Waals surface area contributed by atoms with Crippen LogP contribution in [0.5, 0.6) is 0 Å². The van der Waals surface area contributed by atoms with Gasteiger partial charge in [-0.3, -0.25) is 4.79 Å². The van der Waals surface area contributed by atoms with Crippen LogP contribution in [-0.2, 0) is 4.79 Å². The smallest absolute Gasteiger partial charge is 0.220 e. The van der Waals surface area contributed by atoms with Gasteiger partial charge in [0.1, 0.15) is 0 Å². The van der Waals surface area contributed by atoms with E-state index in [2.05, 4.69) is 43.5 Å². The quantitative estimate of drug-likeness (QED) is 0.0420. The van der Waals surface area contributed by atoms with Gasteiger partial charge in [-0.1, -0.05) is 371 Å². The van der Waals surface area contributed by atoms with E-state index in [4.69, 9.17) is 0 Å². The van der Waals surface area contributed by atoms with Crippen molar-refractivity contribution in [1.82, 2.24) is 5.32 Å². The number of aliphatic hydroxyl groups excluding tert-OH is 2. The lowest BCUT2D eigenvalue weighted by Gasteiger charge is -2.19. The van der Waals surface area contributed by atoms with Gasteiger partial charge in [-0.2, -0.15) is 0 Å². The van der Waals surface area contributed by atoms with Gasteiger partial charge in [0.25, 0.3) is 0 Å². The molecule has 1 amide bonds. The first-order valence-electron chi connectivity index (χ1n) is 34.2. The second kappa shape index (κ2) is 65.9. The molecule has 0 aliphatic heterocycles. The summed E-state index contributed by atoms with van der Waals surface area (Å²) in [6.07, 6.45) is 91.0. The van der Waals surface area contributed by atoms with Crippen LogP contribution in [0.25, 0.3) is 0 Å². The summed E-state index contributed by atoms with van der Waals surface area (Å²) in [4.78, 5) is 12.5. The molecule has 2 atom stereocenters. The third-order valence-electron chi connectivity index (χ3n) is 16.1. The van der Waals surface area contributed by atoms with Gasteiger partial charge in [0.2, 0.25) is 5.91 Å². The third kappa shape index (κ3) is 61.5. The number of nitrogens with one attached hydrogen (secondary N) is 1. The molecule has 0 saturated heterocycles. The maximum Gasteiger partial charge on any atom is 0.220 e. The Balaban J connectivity index is 3.42. The Bertz CT molecular complexity index is 1130. The predicted octanol–water partition coefficient (Wildman–Crippen LogP) is 23.2. The molecule has 4 nitrogen and oxygen atoms in total. The predicted molar refractivity (Wildman–Crippen MR) is 332 cm³/mol. The molecule has 0 aromatic rings. The van der Waals surface area contributed by atoms with Crippen LogP contribution in [0.3, 0.4) is 0 Å². The van der Waals surface area contributed by atoms with Crippen LogP contribution in [0.2, 0.25) is 0 Å². The van der Waals surface area contributed by atoms with Gasteiger partial charge in [-0.15, -0.1) is 0 Å². The van der Waals surface area contributed by atoms with Crippen LogP contribution in [0.1, 0.15) is 386 Å². The van der Waals surface area contributed by atoms with Crippen molar-refractivity contribution in [2.24, 2.45) is 0 Å². The van der Waals surface area contributed by atoms with Crippen molar-refractivity contribution in [3.05, 3.63) is 36.5 Å². The maximum absolute atomic E-state index is 12.5. The molecule has 3 N–H and O–H groups in total. The largest absolute Gasteiger partial charge is 0.394 e. The second-order valence-electron chi connectivity index (χ2n) is 23.6. The molecule has 0 aromatic carbocycles. The van der Waals surface area contributed by atoms with E-state index in [-0.39, 0.29) is 12.5 Å². The standard InChI is InChI=1S/C70H135NO3/c1-3-5-7-9-11-13-15-17-19-21-23-25-27-28-29-30-31-32-33-34-35-36-37-38-39-40-41-42-44-46-48-50-52-54-56-58-60-62-64-66-70(74)71-68(67-72)69(73)65-63-61-59-57-55-53-51-49-47-45-43-26-24-22-20-18-16-14-12-10-8-6-4-2/h47,49,55,57,63,65,68-69,72-73H,3-46,48,50-54,56,58-62,64,66-67H2,1-2H3,(H,71,74)/b49-47+,57-55+,65-63+. The minimum Gasteiger partial charge on any atom is -0.394 e. The normalized spacial score (nSPS) is 12.9. The van der Waals surface area contributed by atoms with Crippen LogP contribution in [0.15, 0.2) is 36.5 Å². The highest BCUT2D eigenvalue weighted by Gasteiger charge is 2.18. The minimum absolute atomic E-state index is 0.0700. The van der Waals surface area contributed by atoms with Gasteiger partial charge < -0.3 is 15.5 Å². The average molecular weight is 1040 g/mol. The van der Waals surface area contributed by atoms with Crippen molar-refractivity contribution in [2.45, 2.75) is 398 Å². The number of hydrogen-bond acceptors (Lipinski definition) is 3. The molecule has 0 aliphatic carbocycles. The van der Waals surface area contributed by atoms with E-state index < -0.39 is 12.1 Å². The molecule has 438 valence electrons. The molecule has 0 spiro atoms. The number of amides is 1. The molecular formula is C70H135NO3. The first-order chi connectivity index (χ1) is 36.7. The van der Waals surface area contributed by atoms with E-state index in [1.54, 1.807) is 6.08 Å². The molecule has 0 aliphatic rings. The van der Waals surface area contributed by atoms with Gasteiger partial charge in [-0.25, -0.2) is 0 Å². The monoisotopic (exact) mass is 1040 g/mol. The lowest BCUT2D eigenvalue weighted by atomic mass is 10.0. The summed E-state index contributed by atoms with van der Waals surface area (Å²) in [7, 11) is 0. The zero-order valence-corrected chi connectivity index (χ0v) is 50.6. The molecule has 0 saturated carbocycles. The van der Waals surface area contributed by atoms with Crippen molar-refractivity contribution in [3.63, 3.8) is 0 Å². The number of unbranched alkanes of at least 4 members (excludes halogenated alkanes) is 53. The van der Waals surface area contributed by atoms with E-state index in [1.807, 2.05) is 6.08 Å². The molecule has 4 heteroatoms. The number of carbonyl (C=O) groups is 1. The minimum atomic E-state index is -0.870. The summed E-state index contributed by atoms with van der Waals surface area (Å²) in [5, 5.41) is 23.2. The van der Waals surface area contributed by atoms with Crippen LogP contribution in [0.4, 0.5) is 0 Å².